The number of aromatic carboxylic acids is 1. The number of halogens is 1. The predicted molar refractivity (Wildman–Crippen MR) is 70.8 cm³/mol. The minimum atomic E-state index is -0.976. The van der Waals surface area contributed by atoms with Crippen LogP contribution < -0.4 is 9.47 Å². The van der Waals surface area contributed by atoms with Crippen LogP contribution in [0, 0.1) is 5.82 Å². The van der Waals surface area contributed by atoms with Crippen molar-refractivity contribution >= 4 is 5.97 Å². The summed E-state index contributed by atoms with van der Waals surface area (Å²) >= 11 is 0. The summed E-state index contributed by atoms with van der Waals surface area (Å²) in [6.07, 6.45) is 0. The maximum atomic E-state index is 12.7. The smallest absolute Gasteiger partial charge is 0.335 e. The van der Waals surface area contributed by atoms with Crippen molar-refractivity contribution in [3.8, 4) is 11.5 Å². The van der Waals surface area contributed by atoms with E-state index in [0.717, 1.165) is 0 Å². The van der Waals surface area contributed by atoms with Crippen molar-refractivity contribution in [3.05, 3.63) is 59.9 Å². The van der Waals surface area contributed by atoms with E-state index in [1.54, 1.807) is 12.1 Å². The fourth-order valence-corrected chi connectivity index (χ4v) is 1.54. The molecule has 2 rings (SSSR count). The summed E-state index contributed by atoms with van der Waals surface area (Å²) in [6.45, 7) is 0.621. The van der Waals surface area contributed by atoms with Crippen molar-refractivity contribution in [1.29, 1.82) is 0 Å². The quantitative estimate of drug-likeness (QED) is 0.824. The van der Waals surface area contributed by atoms with Crippen LogP contribution in [-0.2, 0) is 0 Å². The van der Waals surface area contributed by atoms with Crippen molar-refractivity contribution < 1.29 is 23.8 Å². The Hall–Kier alpha value is -2.56. The Morgan fingerprint density at radius 2 is 1.35 bits per heavy atom. The summed E-state index contributed by atoms with van der Waals surface area (Å²) in [4.78, 5) is 10.7. The third-order valence-electron chi connectivity index (χ3n) is 2.54. The number of hydrogen-bond donors (Lipinski definition) is 1. The zero-order valence-electron chi connectivity index (χ0n) is 10.6. The number of hydrogen-bond acceptors (Lipinski definition) is 3. The molecule has 0 unspecified atom stereocenters. The Morgan fingerprint density at radius 3 is 1.80 bits per heavy atom. The van der Waals surface area contributed by atoms with E-state index in [9.17, 15) is 9.18 Å². The van der Waals surface area contributed by atoms with Gasteiger partial charge in [-0.1, -0.05) is 0 Å². The highest BCUT2D eigenvalue weighted by atomic mass is 19.1. The molecule has 0 amide bonds. The molecule has 0 spiro atoms. The summed E-state index contributed by atoms with van der Waals surface area (Å²) in [6, 6.07) is 11.8. The van der Waals surface area contributed by atoms with Gasteiger partial charge in [0.25, 0.3) is 0 Å². The van der Waals surface area contributed by atoms with Gasteiger partial charge in [0.2, 0.25) is 0 Å². The van der Waals surface area contributed by atoms with Gasteiger partial charge in [-0.15, -0.1) is 0 Å². The lowest BCUT2D eigenvalue weighted by atomic mass is 10.2. The fraction of sp³-hybridized carbons (Fsp3) is 0.133. The van der Waals surface area contributed by atoms with Crippen LogP contribution in [0.2, 0.25) is 0 Å². The van der Waals surface area contributed by atoms with Crippen LogP contribution in [0.3, 0.4) is 0 Å². The molecule has 0 fully saturated rings. The van der Waals surface area contributed by atoms with Crippen LogP contribution in [0.5, 0.6) is 11.5 Å². The Kier molecular flexibility index (Phi) is 4.55. The second-order valence-corrected chi connectivity index (χ2v) is 3.98. The first-order valence-electron chi connectivity index (χ1n) is 6.00. The van der Waals surface area contributed by atoms with Crippen molar-refractivity contribution in [2.24, 2.45) is 0 Å². The molecule has 0 radical (unpaired) electrons. The molecular weight excluding hydrogens is 263 g/mol. The molecule has 0 aliphatic rings. The van der Waals surface area contributed by atoms with Crippen LogP contribution in [0.4, 0.5) is 4.39 Å². The number of carbonyl (C=O) groups is 1. The number of benzene rings is 2. The van der Waals surface area contributed by atoms with Crippen LogP contribution in [0.25, 0.3) is 0 Å². The molecule has 0 atom stereocenters. The molecule has 1 N–H and O–H groups in total. The largest absolute Gasteiger partial charge is 0.490 e. The summed E-state index contributed by atoms with van der Waals surface area (Å²) in [7, 11) is 0. The summed E-state index contributed by atoms with van der Waals surface area (Å²) in [5.41, 5.74) is 0.208. The maximum Gasteiger partial charge on any atom is 0.335 e. The second-order valence-electron chi connectivity index (χ2n) is 3.98. The van der Waals surface area contributed by atoms with Crippen LogP contribution in [0.1, 0.15) is 10.4 Å². The van der Waals surface area contributed by atoms with Gasteiger partial charge in [0, 0.05) is 0 Å². The Labute approximate surface area is 115 Å². The maximum absolute atomic E-state index is 12.7. The topological polar surface area (TPSA) is 55.8 Å². The van der Waals surface area contributed by atoms with Crippen LogP contribution in [0.15, 0.2) is 48.5 Å². The Bertz CT molecular complexity index is 563. The first-order chi connectivity index (χ1) is 9.65. The number of rotatable bonds is 6. The highest BCUT2D eigenvalue weighted by molar-refractivity contribution is 5.87. The number of carboxylic acids is 1. The minimum Gasteiger partial charge on any atom is -0.490 e. The second kappa shape index (κ2) is 6.56. The average Bonchev–Trinajstić information content (AvgIpc) is 2.46. The van der Waals surface area contributed by atoms with Gasteiger partial charge in [-0.05, 0) is 48.5 Å². The van der Waals surface area contributed by atoms with Crippen molar-refractivity contribution in [2.75, 3.05) is 13.2 Å². The molecule has 0 bridgehead atoms. The summed E-state index contributed by atoms with van der Waals surface area (Å²) in [5, 5.41) is 8.75. The van der Waals surface area contributed by atoms with Crippen molar-refractivity contribution in [2.45, 2.75) is 0 Å². The van der Waals surface area contributed by atoms with E-state index >= 15 is 0 Å². The summed E-state index contributed by atoms with van der Waals surface area (Å²) < 4.78 is 23.4. The zero-order valence-corrected chi connectivity index (χ0v) is 10.6. The van der Waals surface area contributed by atoms with Gasteiger partial charge >= 0.3 is 5.97 Å². The van der Waals surface area contributed by atoms with Gasteiger partial charge in [-0.25, -0.2) is 9.18 Å². The van der Waals surface area contributed by atoms with E-state index in [1.165, 1.54) is 36.4 Å². The minimum absolute atomic E-state index is 0.208. The molecule has 0 heterocycles. The third-order valence-corrected chi connectivity index (χ3v) is 2.54. The van der Waals surface area contributed by atoms with Gasteiger partial charge in [0.1, 0.15) is 30.5 Å². The molecule has 2 aromatic rings. The molecule has 0 saturated carbocycles. The standard InChI is InChI=1S/C15H13FO4/c16-12-3-7-14(8-4-12)20-10-9-19-13-5-1-11(2-6-13)15(17)18/h1-8H,9-10H2,(H,17,18). The highest BCUT2D eigenvalue weighted by Crippen LogP contribution is 2.13. The molecule has 0 saturated heterocycles. The SMILES string of the molecule is O=C(O)c1ccc(OCCOc2ccc(F)cc2)cc1. The molecule has 0 aliphatic heterocycles. The normalized spacial score (nSPS) is 10.1. The highest BCUT2D eigenvalue weighted by Gasteiger charge is 2.02. The molecule has 20 heavy (non-hydrogen) atoms. The molecule has 5 heteroatoms. The van der Waals surface area contributed by atoms with Gasteiger partial charge in [-0.2, -0.15) is 0 Å². The van der Waals surface area contributed by atoms with Gasteiger partial charge < -0.3 is 14.6 Å². The zero-order chi connectivity index (χ0) is 14.4. The first-order valence-corrected chi connectivity index (χ1v) is 6.00. The van der Waals surface area contributed by atoms with E-state index < -0.39 is 5.97 Å². The monoisotopic (exact) mass is 276 g/mol. The molecule has 0 aromatic heterocycles. The van der Waals surface area contributed by atoms with Crippen molar-refractivity contribution in [1.82, 2.24) is 0 Å². The molecular formula is C15H13FO4. The van der Waals surface area contributed by atoms with E-state index in [2.05, 4.69) is 0 Å². The summed E-state index contributed by atoms with van der Waals surface area (Å²) in [5.74, 6) is -0.155. The lowest BCUT2D eigenvalue weighted by molar-refractivity contribution is 0.0697. The Morgan fingerprint density at radius 1 is 0.900 bits per heavy atom. The predicted octanol–water partition coefficient (Wildman–Crippen LogP) is 2.98. The van der Waals surface area contributed by atoms with Gasteiger partial charge in [0.15, 0.2) is 0 Å². The lowest BCUT2D eigenvalue weighted by Gasteiger charge is -2.08. The third kappa shape index (κ3) is 3.98. The van der Waals surface area contributed by atoms with E-state index in [4.69, 9.17) is 14.6 Å². The first kappa shape index (κ1) is 13.9. The Balaban J connectivity index is 1.75. The van der Waals surface area contributed by atoms with Gasteiger partial charge in [0.05, 0.1) is 5.56 Å². The van der Waals surface area contributed by atoms with Crippen molar-refractivity contribution in [3.63, 3.8) is 0 Å². The van der Waals surface area contributed by atoms with Gasteiger partial charge in [-0.3, -0.25) is 0 Å². The molecule has 2 aromatic carbocycles. The van der Waals surface area contributed by atoms with E-state index in [0.29, 0.717) is 24.7 Å². The number of carboxylic acid groups (broad SMARTS) is 1. The van der Waals surface area contributed by atoms with Crippen LogP contribution >= 0.6 is 0 Å². The van der Waals surface area contributed by atoms with E-state index in [-0.39, 0.29) is 11.4 Å². The van der Waals surface area contributed by atoms with E-state index in [1.807, 2.05) is 0 Å². The average molecular weight is 276 g/mol. The van der Waals surface area contributed by atoms with Crippen LogP contribution in [-0.4, -0.2) is 24.3 Å². The fourth-order valence-electron chi connectivity index (χ4n) is 1.54. The molecule has 104 valence electrons. The molecule has 4 nitrogen and oxygen atoms in total. The number of ether oxygens (including phenoxy) is 2. The lowest BCUT2D eigenvalue weighted by Crippen LogP contribution is -2.09. The molecule has 0 aliphatic carbocycles.